The number of nitrogens with one attached hydrogen (secondary N) is 1. The number of rotatable bonds is 7. The summed E-state index contributed by atoms with van der Waals surface area (Å²) in [6.45, 7) is 5.48. The predicted octanol–water partition coefficient (Wildman–Crippen LogP) is 3.91. The van der Waals surface area contributed by atoms with Crippen LogP contribution < -0.4 is 10.2 Å². The monoisotopic (exact) mass is 275 g/mol. The van der Waals surface area contributed by atoms with Crippen LogP contribution in [0.1, 0.15) is 64.1 Å². The molecule has 1 aromatic rings. The summed E-state index contributed by atoms with van der Waals surface area (Å²) >= 11 is 0. The Morgan fingerprint density at radius 3 is 2.60 bits per heavy atom. The van der Waals surface area contributed by atoms with Gasteiger partial charge in [-0.3, -0.25) is 4.98 Å². The second-order valence-electron chi connectivity index (χ2n) is 5.91. The lowest BCUT2D eigenvalue weighted by Crippen LogP contribution is -2.29. The van der Waals surface area contributed by atoms with Crippen LogP contribution in [-0.4, -0.2) is 24.6 Å². The van der Waals surface area contributed by atoms with Crippen molar-refractivity contribution >= 4 is 5.69 Å². The highest BCUT2D eigenvalue weighted by atomic mass is 15.1. The Morgan fingerprint density at radius 1 is 1.30 bits per heavy atom. The molecular weight excluding hydrogens is 246 g/mol. The standard InChI is InChI=1S/C17H29N3/c1-4-12-18-16(5-2)17-11-10-15(13-19-17)20(3)14-8-6-7-9-14/h10-11,13-14,16,18H,4-9,12H2,1-3H3. The van der Waals surface area contributed by atoms with Crippen molar-refractivity contribution in [3.05, 3.63) is 24.0 Å². The number of hydrogen-bond donors (Lipinski definition) is 1. The van der Waals surface area contributed by atoms with Gasteiger partial charge < -0.3 is 10.2 Å². The number of pyridine rings is 1. The Balaban J connectivity index is 2.00. The van der Waals surface area contributed by atoms with Crippen molar-refractivity contribution in [3.63, 3.8) is 0 Å². The third-order valence-corrected chi connectivity index (χ3v) is 4.46. The second-order valence-corrected chi connectivity index (χ2v) is 5.91. The van der Waals surface area contributed by atoms with Gasteiger partial charge in [-0.25, -0.2) is 0 Å². The van der Waals surface area contributed by atoms with E-state index in [-0.39, 0.29) is 0 Å². The lowest BCUT2D eigenvalue weighted by molar-refractivity contribution is 0.507. The summed E-state index contributed by atoms with van der Waals surface area (Å²) in [4.78, 5) is 7.10. The predicted molar refractivity (Wildman–Crippen MR) is 86.2 cm³/mol. The van der Waals surface area contributed by atoms with Crippen LogP contribution in [0.25, 0.3) is 0 Å². The summed E-state index contributed by atoms with van der Waals surface area (Å²) in [6.07, 6.45) is 9.70. The highest BCUT2D eigenvalue weighted by Crippen LogP contribution is 2.27. The molecule has 1 saturated carbocycles. The lowest BCUT2D eigenvalue weighted by Gasteiger charge is -2.26. The normalized spacial score (nSPS) is 17.4. The summed E-state index contributed by atoms with van der Waals surface area (Å²) in [5.74, 6) is 0. The van der Waals surface area contributed by atoms with Crippen molar-refractivity contribution < 1.29 is 0 Å². The third-order valence-electron chi connectivity index (χ3n) is 4.46. The zero-order valence-corrected chi connectivity index (χ0v) is 13.2. The molecule has 20 heavy (non-hydrogen) atoms. The van der Waals surface area contributed by atoms with Crippen LogP contribution in [0.15, 0.2) is 18.3 Å². The summed E-state index contributed by atoms with van der Waals surface area (Å²) in [7, 11) is 2.21. The van der Waals surface area contributed by atoms with Crippen LogP contribution in [0.4, 0.5) is 5.69 Å². The first kappa shape index (κ1) is 15.3. The van der Waals surface area contributed by atoms with Gasteiger partial charge in [-0.2, -0.15) is 0 Å². The van der Waals surface area contributed by atoms with Gasteiger partial charge in [0.05, 0.1) is 17.6 Å². The molecule has 0 aromatic carbocycles. The van der Waals surface area contributed by atoms with Crippen molar-refractivity contribution in [2.45, 2.75) is 64.5 Å². The minimum Gasteiger partial charge on any atom is -0.370 e. The van der Waals surface area contributed by atoms with Gasteiger partial charge in [0.2, 0.25) is 0 Å². The quantitative estimate of drug-likeness (QED) is 0.817. The van der Waals surface area contributed by atoms with Crippen LogP contribution in [0.2, 0.25) is 0 Å². The van der Waals surface area contributed by atoms with Crippen LogP contribution in [-0.2, 0) is 0 Å². The fraction of sp³-hybridized carbons (Fsp3) is 0.706. The van der Waals surface area contributed by atoms with E-state index in [1.165, 1.54) is 43.5 Å². The molecule has 1 fully saturated rings. The van der Waals surface area contributed by atoms with E-state index in [4.69, 9.17) is 4.98 Å². The van der Waals surface area contributed by atoms with Crippen LogP contribution in [0.3, 0.4) is 0 Å². The van der Waals surface area contributed by atoms with Crippen molar-refractivity contribution in [2.24, 2.45) is 0 Å². The summed E-state index contributed by atoms with van der Waals surface area (Å²) in [5, 5.41) is 3.56. The SMILES string of the molecule is CCCNC(CC)c1ccc(N(C)C2CCCC2)cn1. The first-order valence-corrected chi connectivity index (χ1v) is 8.18. The van der Waals surface area contributed by atoms with Gasteiger partial charge >= 0.3 is 0 Å². The molecule has 2 rings (SSSR count). The van der Waals surface area contributed by atoms with Gasteiger partial charge in [-0.05, 0) is 44.4 Å². The highest BCUT2D eigenvalue weighted by molar-refractivity contribution is 5.45. The second kappa shape index (κ2) is 7.63. The van der Waals surface area contributed by atoms with Gasteiger partial charge in [0.15, 0.2) is 0 Å². The van der Waals surface area contributed by atoms with Crippen molar-refractivity contribution in [1.29, 1.82) is 0 Å². The van der Waals surface area contributed by atoms with Crippen LogP contribution >= 0.6 is 0 Å². The van der Waals surface area contributed by atoms with Crippen molar-refractivity contribution in [3.8, 4) is 0 Å². The maximum atomic E-state index is 4.69. The molecule has 1 N–H and O–H groups in total. The first-order chi connectivity index (χ1) is 9.76. The molecule has 1 heterocycles. The fourth-order valence-electron chi connectivity index (χ4n) is 3.09. The molecule has 1 atom stereocenters. The van der Waals surface area contributed by atoms with E-state index in [9.17, 15) is 0 Å². The maximum absolute atomic E-state index is 4.69. The molecule has 1 aliphatic rings. The molecule has 1 aliphatic carbocycles. The van der Waals surface area contributed by atoms with Gasteiger partial charge in [0.25, 0.3) is 0 Å². The van der Waals surface area contributed by atoms with E-state index in [0.717, 1.165) is 13.0 Å². The number of hydrogen-bond acceptors (Lipinski definition) is 3. The fourth-order valence-corrected chi connectivity index (χ4v) is 3.09. The van der Waals surface area contributed by atoms with Gasteiger partial charge in [0, 0.05) is 19.1 Å². The number of anilines is 1. The molecule has 3 heteroatoms. The van der Waals surface area contributed by atoms with Crippen molar-refractivity contribution in [2.75, 3.05) is 18.5 Å². The first-order valence-electron chi connectivity index (χ1n) is 8.18. The van der Waals surface area contributed by atoms with E-state index in [1.807, 2.05) is 6.20 Å². The Bertz CT molecular complexity index is 382. The zero-order valence-electron chi connectivity index (χ0n) is 13.2. The minimum atomic E-state index is 0.390. The zero-order chi connectivity index (χ0) is 14.4. The minimum absolute atomic E-state index is 0.390. The smallest absolute Gasteiger partial charge is 0.0574 e. The molecule has 0 amide bonds. The lowest BCUT2D eigenvalue weighted by atomic mass is 10.1. The van der Waals surface area contributed by atoms with Crippen LogP contribution in [0, 0.1) is 0 Å². The Morgan fingerprint density at radius 2 is 2.05 bits per heavy atom. The van der Waals surface area contributed by atoms with E-state index in [1.54, 1.807) is 0 Å². The molecule has 0 bridgehead atoms. The van der Waals surface area contributed by atoms with Crippen LogP contribution in [0.5, 0.6) is 0 Å². The summed E-state index contributed by atoms with van der Waals surface area (Å²) in [5.41, 5.74) is 2.43. The largest absolute Gasteiger partial charge is 0.370 e. The molecule has 1 unspecified atom stereocenters. The molecule has 0 radical (unpaired) electrons. The van der Waals surface area contributed by atoms with E-state index in [2.05, 4.69) is 43.2 Å². The Kier molecular flexibility index (Phi) is 5.84. The van der Waals surface area contributed by atoms with Crippen molar-refractivity contribution in [1.82, 2.24) is 10.3 Å². The van der Waals surface area contributed by atoms with Gasteiger partial charge in [0.1, 0.15) is 0 Å². The molecule has 0 spiro atoms. The highest BCUT2D eigenvalue weighted by Gasteiger charge is 2.20. The van der Waals surface area contributed by atoms with E-state index in [0.29, 0.717) is 12.1 Å². The van der Waals surface area contributed by atoms with E-state index >= 15 is 0 Å². The average molecular weight is 275 g/mol. The number of aromatic nitrogens is 1. The Hall–Kier alpha value is -1.09. The maximum Gasteiger partial charge on any atom is 0.0574 e. The van der Waals surface area contributed by atoms with E-state index < -0.39 is 0 Å². The molecular formula is C17H29N3. The number of nitrogens with zero attached hydrogens (tertiary/aromatic N) is 2. The average Bonchev–Trinajstić information content (AvgIpc) is 3.02. The molecule has 0 aliphatic heterocycles. The molecule has 1 aromatic heterocycles. The summed E-state index contributed by atoms with van der Waals surface area (Å²) in [6, 6.07) is 5.53. The topological polar surface area (TPSA) is 28.2 Å². The molecule has 112 valence electrons. The third kappa shape index (κ3) is 3.72. The van der Waals surface area contributed by atoms with Gasteiger partial charge in [-0.15, -0.1) is 0 Å². The molecule has 3 nitrogen and oxygen atoms in total. The van der Waals surface area contributed by atoms with Gasteiger partial charge in [-0.1, -0.05) is 26.7 Å². The summed E-state index contributed by atoms with van der Waals surface area (Å²) < 4.78 is 0. The molecule has 0 saturated heterocycles. The Labute approximate surface area is 123 Å².